The van der Waals surface area contributed by atoms with Crippen LogP contribution in [0.2, 0.25) is 0 Å². The second-order valence-electron chi connectivity index (χ2n) is 5.71. The molecule has 0 spiro atoms. The predicted molar refractivity (Wildman–Crippen MR) is 88.6 cm³/mol. The lowest BCUT2D eigenvalue weighted by Crippen LogP contribution is -2.44. The monoisotopic (exact) mass is 344 g/mol. The summed E-state index contributed by atoms with van der Waals surface area (Å²) >= 11 is 1.57. The van der Waals surface area contributed by atoms with Gasteiger partial charge in [-0.15, -0.1) is 11.3 Å². The third-order valence-electron chi connectivity index (χ3n) is 4.19. The number of aromatic nitrogens is 4. The van der Waals surface area contributed by atoms with Gasteiger partial charge in [-0.3, -0.25) is 4.79 Å². The Morgan fingerprint density at radius 2 is 2.38 bits per heavy atom. The van der Waals surface area contributed by atoms with E-state index in [-0.39, 0.29) is 18.0 Å². The lowest BCUT2D eigenvalue weighted by Gasteiger charge is -2.26. The number of nitrogens with one attached hydrogen (secondary N) is 1. The van der Waals surface area contributed by atoms with E-state index in [1.165, 1.54) is 6.39 Å². The second kappa shape index (κ2) is 6.16. The minimum Gasteiger partial charge on any atom is -0.344 e. The van der Waals surface area contributed by atoms with Crippen molar-refractivity contribution in [1.29, 1.82) is 0 Å². The Balaban J connectivity index is 1.56. The van der Waals surface area contributed by atoms with E-state index in [0.29, 0.717) is 5.82 Å². The van der Waals surface area contributed by atoms with E-state index in [4.69, 9.17) is 4.52 Å². The quantitative estimate of drug-likeness (QED) is 0.772. The van der Waals surface area contributed by atoms with Crippen LogP contribution in [0.15, 0.2) is 28.7 Å². The van der Waals surface area contributed by atoms with E-state index in [1.807, 2.05) is 18.4 Å². The number of hydrogen-bond acceptors (Lipinski definition) is 8. The van der Waals surface area contributed by atoms with Gasteiger partial charge in [-0.2, -0.15) is 4.98 Å². The Kier molecular flexibility index (Phi) is 3.85. The largest absolute Gasteiger partial charge is 0.344 e. The molecule has 2 unspecified atom stereocenters. The summed E-state index contributed by atoms with van der Waals surface area (Å²) in [6.07, 6.45) is 4.56. The van der Waals surface area contributed by atoms with Crippen LogP contribution >= 0.6 is 11.3 Å². The van der Waals surface area contributed by atoms with Crippen molar-refractivity contribution in [1.82, 2.24) is 25.4 Å². The zero-order valence-corrected chi connectivity index (χ0v) is 13.9. The SMILES string of the molecule is CC(NC(=O)C1CCCN1c1ncnc2sccc12)c1ncon1. The molecule has 0 bridgehead atoms. The van der Waals surface area contributed by atoms with Gasteiger partial charge in [-0.05, 0) is 31.2 Å². The Bertz CT molecular complexity index is 849. The van der Waals surface area contributed by atoms with Crippen molar-refractivity contribution < 1.29 is 9.32 Å². The first-order valence-electron chi connectivity index (χ1n) is 7.75. The van der Waals surface area contributed by atoms with Crippen LogP contribution in [-0.2, 0) is 4.79 Å². The highest BCUT2D eigenvalue weighted by Gasteiger charge is 2.33. The topological polar surface area (TPSA) is 97.0 Å². The lowest BCUT2D eigenvalue weighted by molar-refractivity contribution is -0.122. The number of fused-ring (bicyclic) bond motifs is 1. The van der Waals surface area contributed by atoms with Crippen molar-refractivity contribution in [2.75, 3.05) is 11.4 Å². The van der Waals surface area contributed by atoms with Crippen LogP contribution in [0.3, 0.4) is 0 Å². The van der Waals surface area contributed by atoms with Gasteiger partial charge < -0.3 is 14.7 Å². The van der Waals surface area contributed by atoms with Crippen molar-refractivity contribution in [3.8, 4) is 0 Å². The molecule has 0 saturated carbocycles. The molecule has 4 rings (SSSR count). The number of nitrogens with zero attached hydrogens (tertiary/aromatic N) is 5. The van der Waals surface area contributed by atoms with Gasteiger partial charge in [-0.25, -0.2) is 9.97 Å². The van der Waals surface area contributed by atoms with Gasteiger partial charge in [0.25, 0.3) is 0 Å². The number of carbonyl (C=O) groups excluding carboxylic acids is 1. The average Bonchev–Trinajstić information content (AvgIpc) is 3.33. The molecule has 1 amide bonds. The van der Waals surface area contributed by atoms with Crippen molar-refractivity contribution in [2.45, 2.75) is 31.8 Å². The molecule has 1 saturated heterocycles. The smallest absolute Gasteiger partial charge is 0.243 e. The molecule has 1 aliphatic heterocycles. The van der Waals surface area contributed by atoms with Gasteiger partial charge in [0.05, 0.1) is 11.4 Å². The highest BCUT2D eigenvalue weighted by molar-refractivity contribution is 7.16. The number of anilines is 1. The summed E-state index contributed by atoms with van der Waals surface area (Å²) in [6.45, 7) is 2.64. The summed E-state index contributed by atoms with van der Waals surface area (Å²) in [5, 5.41) is 9.72. The normalized spacial score (nSPS) is 18.9. The van der Waals surface area contributed by atoms with Crippen molar-refractivity contribution in [3.05, 3.63) is 30.0 Å². The molecular weight excluding hydrogens is 328 g/mol. The fraction of sp³-hybridized carbons (Fsp3) is 0.400. The second-order valence-corrected chi connectivity index (χ2v) is 6.60. The summed E-state index contributed by atoms with van der Waals surface area (Å²) < 4.78 is 4.73. The molecule has 8 nitrogen and oxygen atoms in total. The molecule has 2 atom stereocenters. The Morgan fingerprint density at radius 3 is 3.21 bits per heavy atom. The highest BCUT2D eigenvalue weighted by Crippen LogP contribution is 2.31. The van der Waals surface area contributed by atoms with Crippen LogP contribution in [-0.4, -0.2) is 38.6 Å². The molecule has 9 heteroatoms. The summed E-state index contributed by atoms with van der Waals surface area (Å²) in [6, 6.07) is 1.45. The van der Waals surface area contributed by atoms with E-state index in [0.717, 1.165) is 35.4 Å². The Hall–Kier alpha value is -2.55. The molecule has 0 aromatic carbocycles. The highest BCUT2D eigenvalue weighted by atomic mass is 32.1. The number of carbonyl (C=O) groups is 1. The van der Waals surface area contributed by atoms with E-state index in [9.17, 15) is 4.79 Å². The third kappa shape index (κ3) is 2.60. The molecule has 124 valence electrons. The molecule has 3 aromatic rings. The molecule has 1 N–H and O–H groups in total. The van der Waals surface area contributed by atoms with Gasteiger partial charge in [0.2, 0.25) is 12.3 Å². The molecular formula is C15H16N6O2S. The van der Waals surface area contributed by atoms with E-state index in [1.54, 1.807) is 17.7 Å². The fourth-order valence-corrected chi connectivity index (χ4v) is 3.77. The zero-order chi connectivity index (χ0) is 16.5. The molecule has 1 fully saturated rings. The summed E-state index contributed by atoms with van der Waals surface area (Å²) in [5.41, 5.74) is 0. The lowest BCUT2D eigenvalue weighted by atomic mass is 10.2. The minimum absolute atomic E-state index is 0.0493. The van der Waals surface area contributed by atoms with Crippen LogP contribution < -0.4 is 10.2 Å². The number of hydrogen-bond donors (Lipinski definition) is 1. The molecule has 0 aliphatic carbocycles. The molecule has 0 radical (unpaired) electrons. The molecule has 1 aliphatic rings. The van der Waals surface area contributed by atoms with Crippen molar-refractivity contribution in [3.63, 3.8) is 0 Å². The van der Waals surface area contributed by atoms with Gasteiger partial charge >= 0.3 is 0 Å². The van der Waals surface area contributed by atoms with Crippen LogP contribution in [0, 0.1) is 0 Å². The average molecular weight is 344 g/mol. The summed E-state index contributed by atoms with van der Waals surface area (Å²) in [7, 11) is 0. The van der Waals surface area contributed by atoms with Crippen molar-refractivity contribution in [2.24, 2.45) is 0 Å². The van der Waals surface area contributed by atoms with Crippen LogP contribution in [0.1, 0.15) is 31.6 Å². The standard InChI is InChI=1S/C15H16N6O2S/c1-9(12-18-8-23-20-12)19-14(22)11-3-2-5-21(11)13-10-4-6-24-15(10)17-7-16-13/h4,6-9,11H,2-3,5H2,1H3,(H,19,22). The maximum absolute atomic E-state index is 12.7. The number of rotatable bonds is 4. The fourth-order valence-electron chi connectivity index (χ4n) is 3.04. The maximum atomic E-state index is 12.7. The summed E-state index contributed by atoms with van der Waals surface area (Å²) in [4.78, 5) is 28.4. The molecule has 4 heterocycles. The van der Waals surface area contributed by atoms with Gasteiger partial charge in [0, 0.05) is 6.54 Å². The van der Waals surface area contributed by atoms with E-state index in [2.05, 4.69) is 30.3 Å². The Labute approximate surface area is 141 Å². The van der Waals surface area contributed by atoms with Gasteiger partial charge in [0.15, 0.2) is 5.82 Å². The third-order valence-corrected chi connectivity index (χ3v) is 5.01. The van der Waals surface area contributed by atoms with Gasteiger partial charge in [0.1, 0.15) is 23.0 Å². The first-order valence-corrected chi connectivity index (χ1v) is 8.63. The first kappa shape index (κ1) is 15.0. The predicted octanol–water partition coefficient (Wildman–Crippen LogP) is 1.92. The molecule has 3 aromatic heterocycles. The van der Waals surface area contributed by atoms with E-state index < -0.39 is 0 Å². The zero-order valence-electron chi connectivity index (χ0n) is 13.0. The van der Waals surface area contributed by atoms with Gasteiger partial charge in [-0.1, -0.05) is 5.16 Å². The number of thiophene rings is 1. The summed E-state index contributed by atoms with van der Waals surface area (Å²) in [5.74, 6) is 1.24. The van der Waals surface area contributed by atoms with Crippen molar-refractivity contribution >= 4 is 33.3 Å². The van der Waals surface area contributed by atoms with Crippen LogP contribution in [0.4, 0.5) is 5.82 Å². The number of amides is 1. The van der Waals surface area contributed by atoms with Crippen LogP contribution in [0.25, 0.3) is 10.2 Å². The minimum atomic E-state index is -0.301. The first-order chi connectivity index (χ1) is 11.7. The maximum Gasteiger partial charge on any atom is 0.243 e. The molecule has 24 heavy (non-hydrogen) atoms. The van der Waals surface area contributed by atoms with E-state index >= 15 is 0 Å². The Morgan fingerprint density at radius 1 is 1.46 bits per heavy atom. The van der Waals surface area contributed by atoms with Crippen LogP contribution in [0.5, 0.6) is 0 Å².